The summed E-state index contributed by atoms with van der Waals surface area (Å²) in [5, 5.41) is 13.6. The fourth-order valence-corrected chi connectivity index (χ4v) is 2.77. The predicted octanol–water partition coefficient (Wildman–Crippen LogP) is 2.00. The Morgan fingerprint density at radius 1 is 1.21 bits per heavy atom. The van der Waals surface area contributed by atoms with E-state index in [9.17, 15) is 24.5 Å². The van der Waals surface area contributed by atoms with Crippen molar-refractivity contribution in [3.8, 4) is 11.4 Å². The van der Waals surface area contributed by atoms with Gasteiger partial charge in [0.15, 0.2) is 0 Å². The molecule has 10 nitrogen and oxygen atoms in total. The number of amides is 1. The number of methoxy groups -OCH3 is 1. The molecule has 0 unspecified atom stereocenters. The highest BCUT2D eigenvalue weighted by molar-refractivity contribution is 6.05. The average molecular weight is 396 g/mol. The van der Waals surface area contributed by atoms with Crippen LogP contribution in [0.1, 0.15) is 15.9 Å². The molecule has 0 saturated heterocycles. The zero-order valence-corrected chi connectivity index (χ0v) is 15.5. The number of carbonyl (C=O) groups excluding carboxylic acids is 1. The number of rotatable bonds is 5. The van der Waals surface area contributed by atoms with Gasteiger partial charge in [0, 0.05) is 18.3 Å². The molecule has 3 aromatic rings. The number of H-pyrrole nitrogens is 1. The Hall–Kier alpha value is -4.21. The van der Waals surface area contributed by atoms with Crippen molar-refractivity contribution in [1.29, 1.82) is 0 Å². The molecule has 0 spiro atoms. The van der Waals surface area contributed by atoms with E-state index in [2.05, 4.69) is 10.3 Å². The van der Waals surface area contributed by atoms with Crippen LogP contribution in [0.2, 0.25) is 0 Å². The number of aromatic amines is 1. The molecule has 148 valence electrons. The van der Waals surface area contributed by atoms with Crippen LogP contribution in [0.3, 0.4) is 0 Å². The number of para-hydroxylation sites is 1. The number of ether oxygens (including phenoxy) is 1. The van der Waals surface area contributed by atoms with Crippen molar-refractivity contribution in [1.82, 2.24) is 9.55 Å². The third-order valence-corrected chi connectivity index (χ3v) is 4.22. The van der Waals surface area contributed by atoms with E-state index in [1.54, 1.807) is 25.1 Å². The zero-order chi connectivity index (χ0) is 21.1. The van der Waals surface area contributed by atoms with E-state index in [1.165, 1.54) is 31.4 Å². The first-order chi connectivity index (χ1) is 13.8. The highest BCUT2D eigenvalue weighted by Crippen LogP contribution is 2.27. The summed E-state index contributed by atoms with van der Waals surface area (Å²) in [6, 6.07) is 10.5. The molecule has 0 aliphatic heterocycles. The minimum Gasteiger partial charge on any atom is -0.497 e. The molecule has 2 aromatic carbocycles. The van der Waals surface area contributed by atoms with Crippen molar-refractivity contribution in [2.45, 2.75) is 6.92 Å². The number of benzene rings is 2. The number of hydrogen-bond donors (Lipinski definition) is 2. The summed E-state index contributed by atoms with van der Waals surface area (Å²) in [5.74, 6) is -0.473. The van der Waals surface area contributed by atoms with Gasteiger partial charge >= 0.3 is 5.69 Å². The van der Waals surface area contributed by atoms with Gasteiger partial charge in [-0.3, -0.25) is 19.7 Å². The van der Waals surface area contributed by atoms with Gasteiger partial charge in [-0.15, -0.1) is 0 Å². The van der Waals surface area contributed by atoms with Crippen LogP contribution in [0.15, 0.2) is 58.3 Å². The highest BCUT2D eigenvalue weighted by Gasteiger charge is 2.21. The number of carbonyl (C=O) groups is 1. The highest BCUT2D eigenvalue weighted by atomic mass is 16.6. The molecule has 2 N–H and O–H groups in total. The van der Waals surface area contributed by atoms with E-state index in [4.69, 9.17) is 4.74 Å². The summed E-state index contributed by atoms with van der Waals surface area (Å²) < 4.78 is 5.87. The second-order valence-corrected chi connectivity index (χ2v) is 6.03. The number of hydrogen-bond acceptors (Lipinski definition) is 6. The Kier molecular flexibility index (Phi) is 5.26. The van der Waals surface area contributed by atoms with Gasteiger partial charge in [-0.05, 0) is 24.6 Å². The van der Waals surface area contributed by atoms with Crippen molar-refractivity contribution in [2.75, 3.05) is 12.4 Å². The van der Waals surface area contributed by atoms with Crippen molar-refractivity contribution >= 4 is 17.3 Å². The Labute approximate surface area is 163 Å². The van der Waals surface area contributed by atoms with Crippen LogP contribution in [0.5, 0.6) is 5.75 Å². The molecule has 0 saturated carbocycles. The van der Waals surface area contributed by atoms with Crippen LogP contribution in [-0.2, 0) is 0 Å². The molecule has 1 heterocycles. The van der Waals surface area contributed by atoms with Crippen LogP contribution in [-0.4, -0.2) is 27.5 Å². The Bertz CT molecular complexity index is 1230. The SMILES string of the molecule is COc1cccc(-n2c(=O)[nH]cc(C(=O)Nc3c(C)cccc3[N+](=O)[O-])c2=O)c1. The molecule has 0 atom stereocenters. The van der Waals surface area contributed by atoms with E-state index in [0.29, 0.717) is 11.3 Å². The summed E-state index contributed by atoms with van der Waals surface area (Å²) in [5.41, 5.74) is -1.70. The molecule has 0 aliphatic rings. The minimum atomic E-state index is -0.889. The summed E-state index contributed by atoms with van der Waals surface area (Å²) in [7, 11) is 1.44. The maximum absolute atomic E-state index is 12.8. The number of aromatic nitrogens is 2. The number of anilines is 1. The first-order valence-corrected chi connectivity index (χ1v) is 8.38. The van der Waals surface area contributed by atoms with Gasteiger partial charge in [0.05, 0.1) is 17.7 Å². The van der Waals surface area contributed by atoms with Gasteiger partial charge in [0.2, 0.25) is 0 Å². The molecular weight excluding hydrogens is 380 g/mol. The monoisotopic (exact) mass is 396 g/mol. The molecule has 0 fully saturated rings. The third kappa shape index (κ3) is 3.76. The molecule has 1 aromatic heterocycles. The second-order valence-electron chi connectivity index (χ2n) is 6.03. The lowest BCUT2D eigenvalue weighted by atomic mass is 10.1. The van der Waals surface area contributed by atoms with Crippen molar-refractivity contribution in [3.05, 3.63) is 90.7 Å². The van der Waals surface area contributed by atoms with Gasteiger partial charge < -0.3 is 15.0 Å². The lowest BCUT2D eigenvalue weighted by Crippen LogP contribution is -2.38. The van der Waals surface area contributed by atoms with Crippen LogP contribution in [0, 0.1) is 17.0 Å². The van der Waals surface area contributed by atoms with E-state index in [-0.39, 0.29) is 22.6 Å². The van der Waals surface area contributed by atoms with E-state index < -0.39 is 22.1 Å². The van der Waals surface area contributed by atoms with Crippen LogP contribution in [0.4, 0.5) is 11.4 Å². The molecule has 0 aliphatic carbocycles. The van der Waals surface area contributed by atoms with Gasteiger partial charge in [0.25, 0.3) is 17.2 Å². The van der Waals surface area contributed by atoms with Gasteiger partial charge in [-0.25, -0.2) is 9.36 Å². The summed E-state index contributed by atoms with van der Waals surface area (Å²) in [4.78, 5) is 50.7. The lowest BCUT2D eigenvalue weighted by molar-refractivity contribution is -0.384. The normalized spacial score (nSPS) is 10.4. The molecule has 10 heteroatoms. The van der Waals surface area contributed by atoms with Gasteiger partial charge in [0.1, 0.15) is 17.0 Å². The third-order valence-electron chi connectivity index (χ3n) is 4.22. The van der Waals surface area contributed by atoms with Crippen LogP contribution >= 0.6 is 0 Å². The zero-order valence-electron chi connectivity index (χ0n) is 15.5. The molecular formula is C19H16N4O6. The summed E-state index contributed by atoms with van der Waals surface area (Å²) in [6.07, 6.45) is 0.973. The van der Waals surface area contributed by atoms with Crippen molar-refractivity contribution in [2.24, 2.45) is 0 Å². The topological polar surface area (TPSA) is 136 Å². The fraction of sp³-hybridized carbons (Fsp3) is 0.105. The molecule has 1 amide bonds. The first-order valence-electron chi connectivity index (χ1n) is 8.38. The van der Waals surface area contributed by atoms with Gasteiger partial charge in [-0.1, -0.05) is 18.2 Å². The van der Waals surface area contributed by atoms with E-state index >= 15 is 0 Å². The van der Waals surface area contributed by atoms with Crippen molar-refractivity contribution in [3.63, 3.8) is 0 Å². The Morgan fingerprint density at radius 3 is 2.62 bits per heavy atom. The number of aryl methyl sites for hydroxylation is 1. The fourth-order valence-electron chi connectivity index (χ4n) is 2.77. The standard InChI is InChI=1S/C19H16N4O6/c1-11-5-3-8-15(23(27)28)16(11)21-17(24)14-10-20-19(26)22(18(14)25)12-6-4-7-13(9-12)29-2/h3-10H,1-2H3,(H,20,26)(H,21,24). The number of nitrogens with zero attached hydrogens (tertiary/aromatic N) is 2. The summed E-state index contributed by atoms with van der Waals surface area (Å²) in [6.45, 7) is 1.59. The van der Waals surface area contributed by atoms with Crippen LogP contribution < -0.4 is 21.3 Å². The van der Waals surface area contributed by atoms with Crippen molar-refractivity contribution < 1.29 is 14.5 Å². The van der Waals surface area contributed by atoms with E-state index in [0.717, 1.165) is 10.8 Å². The maximum atomic E-state index is 12.8. The number of nitrogens with one attached hydrogen (secondary N) is 2. The second kappa shape index (κ2) is 7.80. The predicted molar refractivity (Wildman–Crippen MR) is 105 cm³/mol. The molecule has 0 radical (unpaired) electrons. The minimum absolute atomic E-state index is 0.0268. The van der Waals surface area contributed by atoms with Crippen LogP contribution in [0.25, 0.3) is 5.69 Å². The largest absolute Gasteiger partial charge is 0.497 e. The molecule has 29 heavy (non-hydrogen) atoms. The maximum Gasteiger partial charge on any atom is 0.333 e. The van der Waals surface area contributed by atoms with Gasteiger partial charge in [-0.2, -0.15) is 0 Å². The number of nitro benzene ring substituents is 1. The lowest BCUT2D eigenvalue weighted by Gasteiger charge is -2.10. The first kappa shape index (κ1) is 19.5. The summed E-state index contributed by atoms with van der Waals surface area (Å²) >= 11 is 0. The Balaban J connectivity index is 2.08. The Morgan fingerprint density at radius 2 is 1.93 bits per heavy atom. The quantitative estimate of drug-likeness (QED) is 0.500. The molecule has 3 rings (SSSR count). The van der Waals surface area contributed by atoms with E-state index in [1.807, 2.05) is 0 Å². The number of nitro groups is 1. The smallest absolute Gasteiger partial charge is 0.333 e. The average Bonchev–Trinajstić information content (AvgIpc) is 2.69. The molecule has 0 bridgehead atoms.